The van der Waals surface area contributed by atoms with Gasteiger partial charge >= 0.3 is 0 Å². The minimum atomic E-state index is -0.399. The van der Waals surface area contributed by atoms with Crippen molar-refractivity contribution in [1.29, 1.82) is 0 Å². The van der Waals surface area contributed by atoms with E-state index in [2.05, 4.69) is 96.3 Å². The fourth-order valence-electron chi connectivity index (χ4n) is 7.29. The fourth-order valence-corrected chi connectivity index (χ4v) is 7.29. The number of hydrogen-bond acceptors (Lipinski definition) is 5. The Morgan fingerprint density at radius 1 is 0.522 bits per heavy atom. The summed E-state index contributed by atoms with van der Waals surface area (Å²) in [6.45, 7) is 0. The number of nitrogens with zero attached hydrogens (tertiary/aromatic N) is 3. The quantitative estimate of drug-likeness (QED) is 0.222. The first kappa shape index (κ1) is 25.3. The smallest absolute Gasteiger partial charge is 0.169 e. The molecule has 0 saturated heterocycles. The van der Waals surface area contributed by atoms with Crippen molar-refractivity contribution in [3.63, 3.8) is 0 Å². The summed E-state index contributed by atoms with van der Waals surface area (Å²) in [4.78, 5) is 15.8. The Morgan fingerprint density at radius 3 is 2.00 bits per heavy atom. The van der Waals surface area contributed by atoms with Crippen molar-refractivity contribution < 1.29 is 4.42 Å². The molecule has 2 unspecified atom stereocenters. The van der Waals surface area contributed by atoms with Gasteiger partial charge in [0.1, 0.15) is 29.0 Å². The van der Waals surface area contributed by atoms with Crippen molar-refractivity contribution in [1.82, 2.24) is 5.32 Å². The molecule has 0 radical (unpaired) electrons. The number of furan rings is 1. The van der Waals surface area contributed by atoms with Gasteiger partial charge in [0.15, 0.2) is 11.9 Å². The molecule has 216 valence electrons. The Hall–Kier alpha value is -6.07. The van der Waals surface area contributed by atoms with Crippen LogP contribution in [0.25, 0.3) is 44.0 Å². The second-order valence-electron chi connectivity index (χ2n) is 11.9. The molecule has 0 fully saturated rings. The third kappa shape index (κ3) is 3.66. The summed E-state index contributed by atoms with van der Waals surface area (Å²) in [6, 6.07) is 48.0. The molecule has 2 atom stereocenters. The Kier molecular flexibility index (Phi) is 5.34. The summed E-state index contributed by atoms with van der Waals surface area (Å²) in [5.74, 6) is 2.33. The monoisotopic (exact) mass is 590 g/mol. The lowest BCUT2D eigenvalue weighted by Crippen LogP contribution is -2.38. The summed E-state index contributed by atoms with van der Waals surface area (Å²) in [6.07, 6.45) is -0.399. The van der Waals surface area contributed by atoms with Gasteiger partial charge in [0, 0.05) is 22.1 Å². The second kappa shape index (κ2) is 9.71. The molecule has 2 aliphatic heterocycles. The molecule has 5 nitrogen and oxygen atoms in total. The van der Waals surface area contributed by atoms with E-state index in [-0.39, 0.29) is 0 Å². The molecule has 46 heavy (non-hydrogen) atoms. The molecule has 1 N–H and O–H groups in total. The summed E-state index contributed by atoms with van der Waals surface area (Å²) in [7, 11) is 0. The first-order valence-corrected chi connectivity index (χ1v) is 15.6. The average molecular weight is 591 g/mol. The average Bonchev–Trinajstić information content (AvgIpc) is 3.79. The number of amidine groups is 2. The summed E-state index contributed by atoms with van der Waals surface area (Å²) < 4.78 is 6.66. The van der Waals surface area contributed by atoms with Gasteiger partial charge in [-0.15, -0.1) is 0 Å². The largest absolute Gasteiger partial charge is 0.454 e. The van der Waals surface area contributed by atoms with E-state index < -0.39 is 12.2 Å². The van der Waals surface area contributed by atoms with E-state index in [1.165, 1.54) is 33.0 Å². The summed E-state index contributed by atoms with van der Waals surface area (Å²) in [5.41, 5.74) is 10.9. The standard InChI is InChI=1S/C41H26N4O/c1-3-12-24(13-4-1)39-43-40(25-14-5-2-6-15-25)45-41(44-39)37-35-32-18-9-10-21-33(32)46-38(35)36(42-37)31-23-22-30-27-17-8-7-16-26(27)28-19-11-20-29(31)34(28)30/h1-23,37,39H,(H,43,44,45). The van der Waals surface area contributed by atoms with Crippen LogP contribution in [0, 0.1) is 0 Å². The van der Waals surface area contributed by atoms with Crippen LogP contribution in [0.3, 0.4) is 0 Å². The van der Waals surface area contributed by atoms with E-state index in [4.69, 9.17) is 19.4 Å². The van der Waals surface area contributed by atoms with Crippen molar-refractivity contribution in [3.05, 3.63) is 168 Å². The lowest BCUT2D eigenvalue weighted by atomic mass is 9.94. The number of nitrogens with one attached hydrogen (secondary N) is 1. The van der Waals surface area contributed by atoms with E-state index in [9.17, 15) is 0 Å². The van der Waals surface area contributed by atoms with E-state index in [1.807, 2.05) is 48.5 Å². The van der Waals surface area contributed by atoms with Crippen LogP contribution >= 0.6 is 0 Å². The minimum absolute atomic E-state index is 0.394. The summed E-state index contributed by atoms with van der Waals surface area (Å²) in [5, 5.41) is 7.09. The highest BCUT2D eigenvalue weighted by atomic mass is 16.3. The number of benzene rings is 6. The predicted molar refractivity (Wildman–Crippen MR) is 186 cm³/mol. The maximum atomic E-state index is 6.66. The minimum Gasteiger partial charge on any atom is -0.454 e. The van der Waals surface area contributed by atoms with E-state index in [1.54, 1.807) is 0 Å². The molecule has 0 spiro atoms. The van der Waals surface area contributed by atoms with Crippen LogP contribution in [0.5, 0.6) is 0 Å². The highest BCUT2D eigenvalue weighted by Crippen LogP contribution is 2.49. The molecule has 10 rings (SSSR count). The van der Waals surface area contributed by atoms with Gasteiger partial charge < -0.3 is 9.73 Å². The first-order valence-electron chi connectivity index (χ1n) is 15.6. The molecular weight excluding hydrogens is 564 g/mol. The number of hydrogen-bond donors (Lipinski definition) is 1. The van der Waals surface area contributed by atoms with Crippen molar-refractivity contribution in [2.75, 3.05) is 0 Å². The molecule has 3 aliphatic rings. The Balaban J connectivity index is 1.18. The van der Waals surface area contributed by atoms with Crippen LogP contribution in [-0.4, -0.2) is 17.4 Å². The highest BCUT2D eigenvalue weighted by molar-refractivity contribution is 6.28. The van der Waals surface area contributed by atoms with Crippen LogP contribution in [0.2, 0.25) is 0 Å². The van der Waals surface area contributed by atoms with Crippen LogP contribution in [-0.2, 0) is 0 Å². The van der Waals surface area contributed by atoms with Gasteiger partial charge in [0.25, 0.3) is 0 Å². The molecular formula is C41H26N4O. The zero-order chi connectivity index (χ0) is 30.2. The third-order valence-corrected chi connectivity index (χ3v) is 9.35. The molecule has 0 saturated carbocycles. The maximum absolute atomic E-state index is 6.66. The van der Waals surface area contributed by atoms with Crippen LogP contribution < -0.4 is 5.32 Å². The Labute approximate surface area is 265 Å². The van der Waals surface area contributed by atoms with Gasteiger partial charge in [-0.2, -0.15) is 0 Å². The van der Waals surface area contributed by atoms with Gasteiger partial charge in [-0.1, -0.05) is 133 Å². The SMILES string of the molecule is c1ccc(C2=NC(c3ccccc3)N=C(C3N=C(c4ccc5c6c(cccc46)-c4ccccc4-5)c4oc5ccccc5c43)N2)cc1. The van der Waals surface area contributed by atoms with Crippen molar-refractivity contribution in [3.8, 4) is 22.3 Å². The van der Waals surface area contributed by atoms with Crippen LogP contribution in [0.4, 0.5) is 0 Å². The van der Waals surface area contributed by atoms with Gasteiger partial charge in [0.05, 0.1) is 0 Å². The zero-order valence-corrected chi connectivity index (χ0v) is 24.7. The van der Waals surface area contributed by atoms with Gasteiger partial charge in [-0.05, 0) is 44.7 Å². The topological polar surface area (TPSA) is 62.2 Å². The van der Waals surface area contributed by atoms with E-state index in [0.717, 1.165) is 56.4 Å². The third-order valence-electron chi connectivity index (χ3n) is 9.35. The lowest BCUT2D eigenvalue weighted by Gasteiger charge is -2.24. The van der Waals surface area contributed by atoms with E-state index >= 15 is 0 Å². The van der Waals surface area contributed by atoms with Gasteiger partial charge in [0.2, 0.25) is 0 Å². The van der Waals surface area contributed by atoms with E-state index in [0.29, 0.717) is 0 Å². The van der Waals surface area contributed by atoms with Crippen molar-refractivity contribution in [2.45, 2.75) is 12.2 Å². The molecule has 0 amide bonds. The second-order valence-corrected chi connectivity index (χ2v) is 11.9. The Morgan fingerprint density at radius 2 is 1.17 bits per heavy atom. The molecule has 1 aliphatic carbocycles. The normalized spacial score (nSPS) is 17.7. The van der Waals surface area contributed by atoms with Crippen molar-refractivity contribution in [2.24, 2.45) is 15.0 Å². The van der Waals surface area contributed by atoms with Crippen LogP contribution in [0.15, 0.2) is 159 Å². The lowest BCUT2D eigenvalue weighted by molar-refractivity contribution is 0.604. The number of aliphatic imine (C=N–C) groups is 3. The maximum Gasteiger partial charge on any atom is 0.169 e. The van der Waals surface area contributed by atoms with Gasteiger partial charge in [-0.3, -0.25) is 4.99 Å². The molecule has 3 heterocycles. The molecule has 0 bridgehead atoms. The van der Waals surface area contributed by atoms with Crippen molar-refractivity contribution >= 4 is 39.1 Å². The molecule has 5 heteroatoms. The highest BCUT2D eigenvalue weighted by Gasteiger charge is 2.38. The summed E-state index contributed by atoms with van der Waals surface area (Å²) >= 11 is 0. The van der Waals surface area contributed by atoms with Gasteiger partial charge in [-0.25, -0.2) is 9.98 Å². The molecule has 7 aromatic rings. The molecule has 1 aromatic heterocycles. The fraction of sp³-hybridized carbons (Fsp3) is 0.0488. The number of para-hydroxylation sites is 1. The first-order chi connectivity index (χ1) is 22.8. The van der Waals surface area contributed by atoms with Crippen LogP contribution in [0.1, 0.15) is 40.2 Å². The number of rotatable bonds is 4. The molecule has 6 aromatic carbocycles. The number of fused-ring (bicyclic) bond motifs is 6. The zero-order valence-electron chi connectivity index (χ0n) is 24.7. The predicted octanol–water partition coefficient (Wildman–Crippen LogP) is 9.27. The Bertz CT molecular complexity index is 2430.